The fraction of sp³-hybridized carbons (Fsp3) is 0.769. The number of rotatable bonds is 5. The van der Waals surface area contributed by atoms with E-state index in [9.17, 15) is 0 Å². The number of hydrogen-bond acceptors (Lipinski definition) is 3. The lowest BCUT2D eigenvalue weighted by molar-refractivity contribution is 0.164. The summed E-state index contributed by atoms with van der Waals surface area (Å²) in [4.78, 5) is 6.83. The van der Waals surface area contributed by atoms with E-state index in [1.807, 2.05) is 6.20 Å². The van der Waals surface area contributed by atoms with Crippen LogP contribution in [0.25, 0.3) is 0 Å². The number of nitrogens with zero attached hydrogens (tertiary/aromatic N) is 3. The van der Waals surface area contributed by atoms with Gasteiger partial charge in [-0.3, -0.25) is 0 Å². The van der Waals surface area contributed by atoms with Crippen molar-refractivity contribution in [1.29, 1.82) is 0 Å². The van der Waals surface area contributed by atoms with Crippen LogP contribution in [0.15, 0.2) is 12.4 Å². The molecule has 1 aliphatic rings. The largest absolute Gasteiger partial charge is 0.334 e. The Bertz CT molecular complexity index is 332. The lowest BCUT2D eigenvalue weighted by Gasteiger charge is -2.32. The van der Waals surface area contributed by atoms with Crippen molar-refractivity contribution in [2.45, 2.75) is 32.7 Å². The van der Waals surface area contributed by atoms with Crippen molar-refractivity contribution in [2.75, 3.05) is 26.2 Å². The van der Waals surface area contributed by atoms with E-state index in [1.54, 1.807) is 0 Å². The van der Waals surface area contributed by atoms with Gasteiger partial charge in [0.15, 0.2) is 0 Å². The van der Waals surface area contributed by atoms with Crippen LogP contribution in [0.5, 0.6) is 0 Å². The molecule has 1 aliphatic heterocycles. The Morgan fingerprint density at radius 2 is 2.35 bits per heavy atom. The second kappa shape index (κ2) is 6.17. The molecule has 2 rings (SSSR count). The van der Waals surface area contributed by atoms with Crippen LogP contribution in [0.1, 0.15) is 25.1 Å². The standard InChI is InChI=1S/C13H24N4/c1-12-15-6-8-17(12)10-9-16-7-2-3-13(11-16)4-5-14/h6,8,13H,2-5,7,9-11,14H2,1H3. The van der Waals surface area contributed by atoms with E-state index in [2.05, 4.69) is 27.6 Å². The molecule has 0 aromatic carbocycles. The van der Waals surface area contributed by atoms with Gasteiger partial charge in [-0.2, -0.15) is 0 Å². The molecule has 0 radical (unpaired) electrons. The maximum absolute atomic E-state index is 5.64. The monoisotopic (exact) mass is 236 g/mol. The third kappa shape index (κ3) is 3.54. The summed E-state index contributed by atoms with van der Waals surface area (Å²) in [5, 5.41) is 0. The molecule has 1 fully saturated rings. The molecule has 1 aromatic rings. The van der Waals surface area contributed by atoms with Crippen molar-refractivity contribution in [1.82, 2.24) is 14.5 Å². The first-order valence-electron chi connectivity index (χ1n) is 6.69. The summed E-state index contributed by atoms with van der Waals surface area (Å²) in [7, 11) is 0. The molecule has 1 aromatic heterocycles. The van der Waals surface area contributed by atoms with E-state index in [1.165, 1.54) is 32.4 Å². The minimum Gasteiger partial charge on any atom is -0.334 e. The average Bonchev–Trinajstić information content (AvgIpc) is 2.73. The third-order valence-corrected chi connectivity index (χ3v) is 3.76. The molecule has 0 saturated carbocycles. The topological polar surface area (TPSA) is 47.1 Å². The fourth-order valence-electron chi connectivity index (χ4n) is 2.71. The maximum Gasteiger partial charge on any atom is 0.105 e. The van der Waals surface area contributed by atoms with Crippen LogP contribution in [0, 0.1) is 12.8 Å². The first-order valence-corrected chi connectivity index (χ1v) is 6.69. The molecule has 0 aliphatic carbocycles. The summed E-state index contributed by atoms with van der Waals surface area (Å²) in [6, 6.07) is 0. The van der Waals surface area contributed by atoms with E-state index in [0.29, 0.717) is 0 Å². The van der Waals surface area contributed by atoms with Gasteiger partial charge in [0.1, 0.15) is 5.82 Å². The smallest absolute Gasteiger partial charge is 0.105 e. The quantitative estimate of drug-likeness (QED) is 0.837. The summed E-state index contributed by atoms with van der Waals surface area (Å²) in [5.74, 6) is 1.93. The highest BCUT2D eigenvalue weighted by molar-refractivity contribution is 4.88. The van der Waals surface area contributed by atoms with Crippen molar-refractivity contribution in [2.24, 2.45) is 11.7 Å². The van der Waals surface area contributed by atoms with Gasteiger partial charge < -0.3 is 15.2 Å². The minimum absolute atomic E-state index is 0.817. The SMILES string of the molecule is Cc1nccn1CCN1CCCC(CCN)C1. The van der Waals surface area contributed by atoms with Crippen LogP contribution in [0.2, 0.25) is 0 Å². The van der Waals surface area contributed by atoms with Crippen molar-refractivity contribution < 1.29 is 0 Å². The van der Waals surface area contributed by atoms with Gasteiger partial charge in [-0.05, 0) is 45.2 Å². The van der Waals surface area contributed by atoms with Gasteiger partial charge in [0.2, 0.25) is 0 Å². The summed E-state index contributed by atoms with van der Waals surface area (Å²) in [5.41, 5.74) is 5.64. The average molecular weight is 236 g/mol. The number of hydrogen-bond donors (Lipinski definition) is 1. The molecule has 0 bridgehead atoms. The van der Waals surface area contributed by atoms with E-state index in [4.69, 9.17) is 5.73 Å². The minimum atomic E-state index is 0.817. The summed E-state index contributed by atoms with van der Waals surface area (Å²) in [6.07, 6.45) is 7.81. The number of aromatic nitrogens is 2. The van der Waals surface area contributed by atoms with Crippen molar-refractivity contribution in [3.05, 3.63) is 18.2 Å². The Labute approximate surface area is 104 Å². The van der Waals surface area contributed by atoms with E-state index in [0.717, 1.165) is 31.4 Å². The van der Waals surface area contributed by atoms with Gasteiger partial charge in [-0.1, -0.05) is 0 Å². The van der Waals surface area contributed by atoms with Crippen LogP contribution >= 0.6 is 0 Å². The first-order chi connectivity index (χ1) is 8.29. The second-order valence-corrected chi connectivity index (χ2v) is 5.05. The van der Waals surface area contributed by atoms with E-state index >= 15 is 0 Å². The Morgan fingerprint density at radius 3 is 3.06 bits per heavy atom. The van der Waals surface area contributed by atoms with Crippen LogP contribution in [-0.2, 0) is 6.54 Å². The molecular formula is C13H24N4. The predicted octanol–water partition coefficient (Wildman–Crippen LogP) is 1.25. The van der Waals surface area contributed by atoms with Gasteiger partial charge >= 0.3 is 0 Å². The molecule has 0 amide bonds. The summed E-state index contributed by atoms with van der Waals surface area (Å²) in [6.45, 7) is 7.56. The molecule has 4 nitrogen and oxygen atoms in total. The zero-order chi connectivity index (χ0) is 12.1. The number of aryl methyl sites for hydroxylation is 1. The van der Waals surface area contributed by atoms with Crippen molar-refractivity contribution in [3.63, 3.8) is 0 Å². The highest BCUT2D eigenvalue weighted by atomic mass is 15.2. The molecule has 1 unspecified atom stereocenters. The molecule has 2 N–H and O–H groups in total. The first kappa shape index (κ1) is 12.6. The Balaban J connectivity index is 1.77. The van der Waals surface area contributed by atoms with Crippen molar-refractivity contribution in [3.8, 4) is 0 Å². The van der Waals surface area contributed by atoms with Gasteiger partial charge in [0, 0.05) is 32.0 Å². The zero-order valence-electron chi connectivity index (χ0n) is 10.8. The molecule has 1 saturated heterocycles. The van der Waals surface area contributed by atoms with Crippen LogP contribution in [-0.4, -0.2) is 40.6 Å². The molecule has 0 spiro atoms. The van der Waals surface area contributed by atoms with E-state index < -0.39 is 0 Å². The lowest BCUT2D eigenvalue weighted by atomic mass is 9.95. The van der Waals surface area contributed by atoms with Crippen LogP contribution in [0.4, 0.5) is 0 Å². The van der Waals surface area contributed by atoms with Gasteiger partial charge in [0.05, 0.1) is 0 Å². The number of imidazole rings is 1. The van der Waals surface area contributed by atoms with Gasteiger partial charge in [-0.25, -0.2) is 4.98 Å². The lowest BCUT2D eigenvalue weighted by Crippen LogP contribution is -2.38. The zero-order valence-corrected chi connectivity index (χ0v) is 10.8. The van der Waals surface area contributed by atoms with Crippen LogP contribution in [0.3, 0.4) is 0 Å². The molecule has 1 atom stereocenters. The van der Waals surface area contributed by atoms with Gasteiger partial charge in [-0.15, -0.1) is 0 Å². The maximum atomic E-state index is 5.64. The second-order valence-electron chi connectivity index (χ2n) is 5.05. The van der Waals surface area contributed by atoms with Crippen molar-refractivity contribution >= 4 is 0 Å². The Kier molecular flexibility index (Phi) is 4.57. The summed E-state index contributed by atoms with van der Waals surface area (Å²) < 4.78 is 2.23. The highest BCUT2D eigenvalue weighted by Crippen LogP contribution is 2.18. The Morgan fingerprint density at radius 1 is 1.47 bits per heavy atom. The molecule has 17 heavy (non-hydrogen) atoms. The number of piperidine rings is 1. The molecule has 4 heteroatoms. The third-order valence-electron chi connectivity index (χ3n) is 3.76. The Hall–Kier alpha value is -0.870. The number of likely N-dealkylation sites (tertiary alicyclic amines) is 1. The predicted molar refractivity (Wildman–Crippen MR) is 69.8 cm³/mol. The van der Waals surface area contributed by atoms with Crippen LogP contribution < -0.4 is 5.73 Å². The highest BCUT2D eigenvalue weighted by Gasteiger charge is 2.18. The molecule has 96 valence electrons. The normalized spacial score (nSPS) is 21.9. The molecule has 2 heterocycles. The van der Waals surface area contributed by atoms with E-state index in [-0.39, 0.29) is 0 Å². The number of nitrogens with two attached hydrogens (primary N) is 1. The molecular weight excluding hydrogens is 212 g/mol. The van der Waals surface area contributed by atoms with Gasteiger partial charge in [0.25, 0.3) is 0 Å². The summed E-state index contributed by atoms with van der Waals surface area (Å²) >= 11 is 0. The fourth-order valence-corrected chi connectivity index (χ4v) is 2.71.